The number of benzene rings is 1. The summed E-state index contributed by atoms with van der Waals surface area (Å²) >= 11 is 0. The van der Waals surface area contributed by atoms with Gasteiger partial charge in [0.2, 0.25) is 0 Å². The zero-order valence-corrected chi connectivity index (χ0v) is 9.61. The van der Waals surface area contributed by atoms with Gasteiger partial charge in [-0.25, -0.2) is 0 Å². The SMILES string of the molecule is COc1ccc(CO)c(OC2CCCC2)c1. The second kappa shape index (κ2) is 5.21. The molecule has 1 aliphatic carbocycles. The summed E-state index contributed by atoms with van der Waals surface area (Å²) in [5, 5.41) is 9.24. The number of aliphatic hydroxyl groups excluding tert-OH is 1. The number of hydrogen-bond donors (Lipinski definition) is 1. The van der Waals surface area contributed by atoms with Gasteiger partial charge in [-0.15, -0.1) is 0 Å². The summed E-state index contributed by atoms with van der Waals surface area (Å²) in [6, 6.07) is 5.54. The van der Waals surface area contributed by atoms with E-state index in [0.29, 0.717) is 6.10 Å². The Kier molecular flexibility index (Phi) is 3.67. The van der Waals surface area contributed by atoms with Gasteiger partial charge in [0, 0.05) is 11.6 Å². The molecule has 0 aliphatic heterocycles. The highest BCUT2D eigenvalue weighted by atomic mass is 16.5. The van der Waals surface area contributed by atoms with Gasteiger partial charge < -0.3 is 14.6 Å². The monoisotopic (exact) mass is 222 g/mol. The van der Waals surface area contributed by atoms with Gasteiger partial charge in [0.15, 0.2) is 0 Å². The second-order valence-electron chi connectivity index (χ2n) is 4.16. The molecule has 16 heavy (non-hydrogen) atoms. The standard InChI is InChI=1S/C13H18O3/c1-15-12-7-6-10(9-14)13(8-12)16-11-4-2-3-5-11/h6-8,11,14H,2-5,9H2,1H3. The highest BCUT2D eigenvalue weighted by molar-refractivity contribution is 5.40. The van der Waals surface area contributed by atoms with Gasteiger partial charge in [0.25, 0.3) is 0 Å². The van der Waals surface area contributed by atoms with E-state index in [0.717, 1.165) is 29.9 Å². The molecule has 1 saturated carbocycles. The summed E-state index contributed by atoms with van der Waals surface area (Å²) in [7, 11) is 1.63. The van der Waals surface area contributed by atoms with Crippen LogP contribution in [0.25, 0.3) is 0 Å². The average Bonchev–Trinajstić information content (AvgIpc) is 2.82. The fraction of sp³-hybridized carbons (Fsp3) is 0.538. The topological polar surface area (TPSA) is 38.7 Å². The zero-order valence-electron chi connectivity index (χ0n) is 9.61. The van der Waals surface area contributed by atoms with Crippen molar-refractivity contribution >= 4 is 0 Å². The van der Waals surface area contributed by atoms with Crippen LogP contribution in [0.3, 0.4) is 0 Å². The van der Waals surface area contributed by atoms with Crippen molar-refractivity contribution in [3.63, 3.8) is 0 Å². The molecule has 0 saturated heterocycles. The van der Waals surface area contributed by atoms with Crippen molar-refractivity contribution in [1.29, 1.82) is 0 Å². The van der Waals surface area contributed by atoms with Crippen molar-refractivity contribution in [1.82, 2.24) is 0 Å². The van der Waals surface area contributed by atoms with E-state index in [2.05, 4.69) is 0 Å². The lowest BCUT2D eigenvalue weighted by atomic mass is 10.2. The van der Waals surface area contributed by atoms with Gasteiger partial charge in [-0.3, -0.25) is 0 Å². The summed E-state index contributed by atoms with van der Waals surface area (Å²) in [6.45, 7) is 0.00600. The molecule has 88 valence electrons. The van der Waals surface area contributed by atoms with Crippen LogP contribution in [-0.2, 0) is 6.61 Å². The number of aliphatic hydroxyl groups is 1. The van der Waals surface area contributed by atoms with E-state index in [1.54, 1.807) is 7.11 Å². The molecule has 3 heteroatoms. The van der Waals surface area contributed by atoms with Crippen molar-refractivity contribution in [2.45, 2.75) is 38.4 Å². The molecule has 0 atom stereocenters. The first-order chi connectivity index (χ1) is 7.83. The van der Waals surface area contributed by atoms with Gasteiger partial charge in [-0.05, 0) is 37.8 Å². The van der Waals surface area contributed by atoms with Gasteiger partial charge in [0.05, 0.1) is 19.8 Å². The van der Waals surface area contributed by atoms with Gasteiger partial charge in [-0.1, -0.05) is 0 Å². The van der Waals surface area contributed by atoms with E-state index in [9.17, 15) is 5.11 Å². The maximum absolute atomic E-state index is 9.24. The van der Waals surface area contributed by atoms with Crippen LogP contribution in [0, 0.1) is 0 Å². The zero-order chi connectivity index (χ0) is 11.4. The van der Waals surface area contributed by atoms with Crippen molar-refractivity contribution in [3.8, 4) is 11.5 Å². The van der Waals surface area contributed by atoms with E-state index in [4.69, 9.17) is 9.47 Å². The van der Waals surface area contributed by atoms with E-state index in [1.165, 1.54) is 12.8 Å². The van der Waals surface area contributed by atoms with Crippen LogP contribution in [0.4, 0.5) is 0 Å². The molecule has 0 unspecified atom stereocenters. The van der Waals surface area contributed by atoms with Gasteiger partial charge >= 0.3 is 0 Å². The Hall–Kier alpha value is -1.22. The van der Waals surface area contributed by atoms with Crippen LogP contribution in [-0.4, -0.2) is 18.3 Å². The Bertz CT molecular complexity index is 343. The molecule has 3 nitrogen and oxygen atoms in total. The van der Waals surface area contributed by atoms with Crippen LogP contribution in [0.2, 0.25) is 0 Å². The Balaban J connectivity index is 2.15. The predicted molar refractivity (Wildman–Crippen MR) is 61.8 cm³/mol. The third-order valence-corrected chi connectivity index (χ3v) is 3.04. The fourth-order valence-corrected chi connectivity index (χ4v) is 2.09. The summed E-state index contributed by atoms with van der Waals surface area (Å²) in [5.74, 6) is 1.53. The molecule has 0 radical (unpaired) electrons. The lowest BCUT2D eigenvalue weighted by Gasteiger charge is -2.16. The Labute approximate surface area is 96.0 Å². The lowest BCUT2D eigenvalue weighted by Crippen LogP contribution is -2.12. The minimum Gasteiger partial charge on any atom is -0.497 e. The molecule has 0 heterocycles. The van der Waals surface area contributed by atoms with Crippen LogP contribution in [0.15, 0.2) is 18.2 Å². The molecule has 0 bridgehead atoms. The van der Waals surface area contributed by atoms with Crippen LogP contribution in [0.5, 0.6) is 11.5 Å². The van der Waals surface area contributed by atoms with Crippen LogP contribution in [0.1, 0.15) is 31.2 Å². The minimum absolute atomic E-state index is 0.00600. The second-order valence-corrected chi connectivity index (χ2v) is 4.16. The molecule has 0 spiro atoms. The maximum atomic E-state index is 9.24. The van der Waals surface area contributed by atoms with Crippen molar-refractivity contribution in [2.24, 2.45) is 0 Å². The normalized spacial score (nSPS) is 16.4. The molecule has 1 fully saturated rings. The highest BCUT2D eigenvalue weighted by Crippen LogP contribution is 2.29. The van der Waals surface area contributed by atoms with Crippen LogP contribution < -0.4 is 9.47 Å². The van der Waals surface area contributed by atoms with Crippen LogP contribution >= 0.6 is 0 Å². The number of ether oxygens (including phenoxy) is 2. The fourth-order valence-electron chi connectivity index (χ4n) is 2.09. The molecule has 0 aromatic heterocycles. The predicted octanol–water partition coefficient (Wildman–Crippen LogP) is 2.51. The molecule has 1 aliphatic rings. The molecular weight excluding hydrogens is 204 g/mol. The van der Waals surface area contributed by atoms with Gasteiger partial charge in [-0.2, -0.15) is 0 Å². The van der Waals surface area contributed by atoms with E-state index in [1.807, 2.05) is 18.2 Å². The first-order valence-electron chi connectivity index (χ1n) is 5.78. The van der Waals surface area contributed by atoms with Crippen molar-refractivity contribution in [3.05, 3.63) is 23.8 Å². The number of hydrogen-bond acceptors (Lipinski definition) is 3. The lowest BCUT2D eigenvalue weighted by molar-refractivity contribution is 0.198. The van der Waals surface area contributed by atoms with E-state index < -0.39 is 0 Å². The molecule has 1 N–H and O–H groups in total. The van der Waals surface area contributed by atoms with Crippen molar-refractivity contribution in [2.75, 3.05) is 7.11 Å². The Morgan fingerprint density at radius 1 is 1.31 bits per heavy atom. The minimum atomic E-state index is 0.00600. The highest BCUT2D eigenvalue weighted by Gasteiger charge is 2.18. The summed E-state index contributed by atoms with van der Waals surface area (Å²) in [6.07, 6.45) is 5.01. The molecule has 1 aromatic rings. The first kappa shape index (κ1) is 11.3. The third-order valence-electron chi connectivity index (χ3n) is 3.04. The summed E-state index contributed by atoms with van der Waals surface area (Å²) in [5.41, 5.74) is 0.827. The summed E-state index contributed by atoms with van der Waals surface area (Å²) in [4.78, 5) is 0. The van der Waals surface area contributed by atoms with E-state index in [-0.39, 0.29) is 6.61 Å². The van der Waals surface area contributed by atoms with E-state index >= 15 is 0 Å². The van der Waals surface area contributed by atoms with Crippen molar-refractivity contribution < 1.29 is 14.6 Å². The molecule has 1 aromatic carbocycles. The van der Waals surface area contributed by atoms with Gasteiger partial charge in [0.1, 0.15) is 11.5 Å². The number of rotatable bonds is 4. The third kappa shape index (κ3) is 2.47. The Morgan fingerprint density at radius 3 is 2.69 bits per heavy atom. The smallest absolute Gasteiger partial charge is 0.128 e. The molecule has 0 amide bonds. The number of methoxy groups -OCH3 is 1. The first-order valence-corrected chi connectivity index (χ1v) is 5.78. The molecule has 2 rings (SSSR count). The largest absolute Gasteiger partial charge is 0.497 e. The Morgan fingerprint density at radius 2 is 2.06 bits per heavy atom. The quantitative estimate of drug-likeness (QED) is 0.850. The average molecular weight is 222 g/mol. The maximum Gasteiger partial charge on any atom is 0.128 e. The summed E-state index contributed by atoms with van der Waals surface area (Å²) < 4.78 is 11.1. The molecular formula is C13H18O3.